The van der Waals surface area contributed by atoms with Crippen LogP contribution in [0.2, 0.25) is 0 Å². The summed E-state index contributed by atoms with van der Waals surface area (Å²) in [5, 5.41) is 13.7. The van der Waals surface area contributed by atoms with E-state index in [0.29, 0.717) is 11.8 Å². The molecule has 0 saturated carbocycles. The molecular formula is C15H21NO. The minimum atomic E-state index is 0.176. The minimum Gasteiger partial charge on any atom is -0.508 e. The van der Waals surface area contributed by atoms with Crippen molar-refractivity contribution in [1.29, 1.82) is 0 Å². The second-order valence-corrected chi connectivity index (χ2v) is 6.32. The summed E-state index contributed by atoms with van der Waals surface area (Å²) in [6.07, 6.45) is 2.09. The van der Waals surface area contributed by atoms with E-state index in [1.807, 2.05) is 12.1 Å². The predicted molar refractivity (Wildman–Crippen MR) is 69.4 cm³/mol. The van der Waals surface area contributed by atoms with Crippen LogP contribution in [0.4, 0.5) is 0 Å². The molecule has 2 heteroatoms. The second-order valence-electron chi connectivity index (χ2n) is 6.32. The van der Waals surface area contributed by atoms with Gasteiger partial charge in [0.2, 0.25) is 0 Å². The fraction of sp³-hybridized carbons (Fsp3) is 0.600. The summed E-state index contributed by atoms with van der Waals surface area (Å²) in [6.45, 7) is 8.16. The molecule has 1 fully saturated rings. The van der Waals surface area contributed by atoms with Gasteiger partial charge in [0.25, 0.3) is 0 Å². The molecule has 2 N–H and O–H groups in total. The first-order chi connectivity index (χ1) is 7.97. The van der Waals surface area contributed by atoms with Gasteiger partial charge in [-0.15, -0.1) is 0 Å². The van der Waals surface area contributed by atoms with Crippen molar-refractivity contribution in [2.24, 2.45) is 5.41 Å². The monoisotopic (exact) mass is 231 g/mol. The van der Waals surface area contributed by atoms with Crippen LogP contribution < -0.4 is 5.32 Å². The summed E-state index contributed by atoms with van der Waals surface area (Å²) in [4.78, 5) is 0. The van der Waals surface area contributed by atoms with E-state index in [-0.39, 0.29) is 10.8 Å². The van der Waals surface area contributed by atoms with Crippen molar-refractivity contribution in [3.05, 3.63) is 29.3 Å². The summed E-state index contributed by atoms with van der Waals surface area (Å²) in [5.74, 6) is 0.470. The van der Waals surface area contributed by atoms with Crippen molar-refractivity contribution in [2.45, 2.75) is 45.1 Å². The van der Waals surface area contributed by atoms with E-state index in [1.54, 1.807) is 0 Å². The highest BCUT2D eigenvalue weighted by molar-refractivity contribution is 5.48. The zero-order valence-corrected chi connectivity index (χ0v) is 10.9. The maximum atomic E-state index is 10.1. The second kappa shape index (κ2) is 3.26. The zero-order valence-electron chi connectivity index (χ0n) is 10.9. The van der Waals surface area contributed by atoms with Crippen molar-refractivity contribution in [3.8, 4) is 5.75 Å². The lowest BCUT2D eigenvalue weighted by Gasteiger charge is -2.57. The maximum Gasteiger partial charge on any atom is 0.119 e. The van der Waals surface area contributed by atoms with Gasteiger partial charge in [-0.1, -0.05) is 32.9 Å². The number of aromatic hydroxyl groups is 1. The van der Waals surface area contributed by atoms with Gasteiger partial charge in [0.1, 0.15) is 5.75 Å². The lowest BCUT2D eigenvalue weighted by Crippen LogP contribution is -2.62. The van der Waals surface area contributed by atoms with E-state index in [9.17, 15) is 5.11 Å². The molecule has 0 amide bonds. The highest BCUT2D eigenvalue weighted by atomic mass is 16.3. The molecule has 1 aromatic rings. The topological polar surface area (TPSA) is 32.3 Å². The van der Waals surface area contributed by atoms with Crippen molar-refractivity contribution in [1.82, 2.24) is 5.32 Å². The first kappa shape index (κ1) is 11.1. The highest BCUT2D eigenvalue weighted by Crippen LogP contribution is 2.54. The number of benzene rings is 1. The number of nitrogens with one attached hydrogen (secondary N) is 1. The molecule has 1 aliphatic carbocycles. The minimum absolute atomic E-state index is 0.176. The van der Waals surface area contributed by atoms with Crippen LogP contribution in [0.15, 0.2) is 18.2 Å². The first-order valence-electron chi connectivity index (χ1n) is 6.51. The fourth-order valence-electron chi connectivity index (χ4n) is 3.78. The Morgan fingerprint density at radius 2 is 2.06 bits per heavy atom. The molecular weight excluding hydrogens is 210 g/mol. The smallest absolute Gasteiger partial charge is 0.119 e. The van der Waals surface area contributed by atoms with E-state index >= 15 is 0 Å². The third-order valence-electron chi connectivity index (χ3n) is 5.46. The van der Waals surface area contributed by atoms with Crippen LogP contribution >= 0.6 is 0 Å². The molecule has 0 spiro atoms. The van der Waals surface area contributed by atoms with Crippen molar-refractivity contribution in [3.63, 3.8) is 0 Å². The van der Waals surface area contributed by atoms with E-state index in [4.69, 9.17) is 0 Å². The maximum absolute atomic E-state index is 10.1. The lowest BCUT2D eigenvalue weighted by atomic mass is 9.51. The molecule has 2 atom stereocenters. The molecule has 17 heavy (non-hydrogen) atoms. The van der Waals surface area contributed by atoms with Gasteiger partial charge >= 0.3 is 0 Å². The first-order valence-corrected chi connectivity index (χ1v) is 6.51. The average Bonchev–Trinajstić information content (AvgIpc) is 2.24. The number of piperidine rings is 1. The van der Waals surface area contributed by atoms with Gasteiger partial charge in [-0.3, -0.25) is 0 Å². The predicted octanol–water partition coefficient (Wildman–Crippen LogP) is 2.59. The summed E-state index contributed by atoms with van der Waals surface area (Å²) in [6, 6.07) is 6.48. The number of hydrogen-bond acceptors (Lipinski definition) is 2. The molecule has 3 rings (SSSR count). The SMILES string of the molecule is CC12CCN[C@@H](Cc3c(O)cccc31)C2(C)C. The van der Waals surface area contributed by atoms with Crippen LogP contribution in [0.5, 0.6) is 5.75 Å². The summed E-state index contributed by atoms with van der Waals surface area (Å²) >= 11 is 0. The van der Waals surface area contributed by atoms with Gasteiger partial charge in [0, 0.05) is 11.5 Å². The highest BCUT2D eigenvalue weighted by Gasteiger charge is 2.53. The Balaban J connectivity index is 2.26. The van der Waals surface area contributed by atoms with E-state index < -0.39 is 0 Å². The van der Waals surface area contributed by atoms with Crippen LogP contribution in [-0.2, 0) is 11.8 Å². The Morgan fingerprint density at radius 3 is 2.82 bits per heavy atom. The molecule has 1 heterocycles. The number of phenolic OH excluding ortho intramolecular Hbond substituents is 1. The zero-order chi connectivity index (χ0) is 12.3. The molecule has 0 aromatic heterocycles. The Kier molecular flexibility index (Phi) is 2.13. The standard InChI is InChI=1S/C15H21NO/c1-14(2)13-9-10-11(5-4-6-12(10)17)15(14,3)7-8-16-13/h4-6,13,16-17H,7-9H2,1-3H3/t13-,15?/m0/s1. The Morgan fingerprint density at radius 1 is 1.29 bits per heavy atom. The average molecular weight is 231 g/mol. The van der Waals surface area contributed by atoms with E-state index in [2.05, 4.69) is 32.2 Å². The fourth-order valence-corrected chi connectivity index (χ4v) is 3.78. The third kappa shape index (κ3) is 1.25. The number of fused-ring (bicyclic) bond motifs is 4. The van der Waals surface area contributed by atoms with Gasteiger partial charge in [0.05, 0.1) is 0 Å². The van der Waals surface area contributed by atoms with Crippen LogP contribution in [0.3, 0.4) is 0 Å². The van der Waals surface area contributed by atoms with Gasteiger partial charge in [0.15, 0.2) is 0 Å². The molecule has 0 radical (unpaired) electrons. The normalized spacial score (nSPS) is 34.2. The molecule has 1 unspecified atom stereocenters. The summed E-state index contributed by atoms with van der Waals surface area (Å²) in [5.41, 5.74) is 2.94. The molecule has 2 aliphatic rings. The van der Waals surface area contributed by atoms with Gasteiger partial charge in [-0.2, -0.15) is 0 Å². The van der Waals surface area contributed by atoms with Gasteiger partial charge < -0.3 is 10.4 Å². The van der Waals surface area contributed by atoms with Crippen LogP contribution in [-0.4, -0.2) is 17.7 Å². The molecule has 1 aromatic carbocycles. The van der Waals surface area contributed by atoms with Crippen LogP contribution in [0.25, 0.3) is 0 Å². The number of phenols is 1. The van der Waals surface area contributed by atoms with E-state index in [1.165, 1.54) is 5.56 Å². The van der Waals surface area contributed by atoms with E-state index in [0.717, 1.165) is 24.9 Å². The number of hydrogen-bond donors (Lipinski definition) is 2. The van der Waals surface area contributed by atoms with Crippen LogP contribution in [0, 0.1) is 5.41 Å². The van der Waals surface area contributed by atoms with Crippen molar-refractivity contribution in [2.75, 3.05) is 6.54 Å². The molecule has 1 saturated heterocycles. The van der Waals surface area contributed by atoms with Crippen molar-refractivity contribution >= 4 is 0 Å². The third-order valence-corrected chi connectivity index (χ3v) is 5.46. The van der Waals surface area contributed by atoms with Crippen LogP contribution in [0.1, 0.15) is 38.3 Å². The Hall–Kier alpha value is -1.02. The molecule has 2 nitrogen and oxygen atoms in total. The molecule has 92 valence electrons. The van der Waals surface area contributed by atoms with Crippen molar-refractivity contribution < 1.29 is 5.11 Å². The largest absolute Gasteiger partial charge is 0.508 e. The Labute approximate surface area is 103 Å². The summed E-state index contributed by atoms with van der Waals surface area (Å²) < 4.78 is 0. The molecule has 1 aliphatic heterocycles. The number of rotatable bonds is 0. The lowest BCUT2D eigenvalue weighted by molar-refractivity contribution is 0.0551. The van der Waals surface area contributed by atoms with Gasteiger partial charge in [-0.05, 0) is 42.0 Å². The quantitative estimate of drug-likeness (QED) is 0.719. The van der Waals surface area contributed by atoms with Gasteiger partial charge in [-0.25, -0.2) is 0 Å². The molecule has 2 bridgehead atoms. The Bertz CT molecular complexity index is 466. The summed E-state index contributed by atoms with van der Waals surface area (Å²) in [7, 11) is 0.